The van der Waals surface area contributed by atoms with Crippen molar-refractivity contribution >= 4 is 12.6 Å². The smallest absolute Gasteiger partial charge is 0.519 e. The molecule has 0 aromatic heterocycles. The highest BCUT2D eigenvalue weighted by Crippen LogP contribution is 2.34. The lowest BCUT2D eigenvalue weighted by Gasteiger charge is -2.20. The third kappa shape index (κ3) is 4.87. The minimum atomic E-state index is -0.766. The molecule has 0 spiro atoms. The second-order valence-electron chi connectivity index (χ2n) is 6.01. The summed E-state index contributed by atoms with van der Waals surface area (Å²) in [6.07, 6.45) is 0. The third-order valence-corrected chi connectivity index (χ3v) is 4.28. The van der Waals surface area contributed by atoms with E-state index < -0.39 is 7.12 Å². The fourth-order valence-electron chi connectivity index (χ4n) is 2.75. The van der Waals surface area contributed by atoms with Gasteiger partial charge in [-0.1, -0.05) is 30.3 Å². The molecule has 150 valence electrons. The van der Waals surface area contributed by atoms with Crippen LogP contribution < -0.4 is 33.7 Å². The molecular formula is C22H23BO6. The molecule has 0 saturated heterocycles. The maximum Gasteiger partial charge on any atom is 0.632 e. The quantitative estimate of drug-likeness (QED) is 0.518. The van der Waals surface area contributed by atoms with Gasteiger partial charge in [-0.2, -0.15) is 0 Å². The van der Waals surface area contributed by atoms with Crippen LogP contribution in [0, 0.1) is 0 Å². The lowest BCUT2D eigenvalue weighted by Crippen LogP contribution is -2.42. The van der Waals surface area contributed by atoms with Crippen molar-refractivity contribution in [3.8, 4) is 34.5 Å². The van der Waals surface area contributed by atoms with Gasteiger partial charge in [0.05, 0.1) is 28.4 Å². The van der Waals surface area contributed by atoms with E-state index in [1.165, 1.54) is 0 Å². The molecule has 0 radical (unpaired) electrons. The Balaban J connectivity index is 1.99. The molecule has 0 bridgehead atoms. The van der Waals surface area contributed by atoms with Gasteiger partial charge in [-0.15, -0.1) is 0 Å². The Morgan fingerprint density at radius 3 is 1.41 bits per heavy atom. The van der Waals surface area contributed by atoms with Gasteiger partial charge in [-0.25, -0.2) is 0 Å². The molecule has 7 heteroatoms. The van der Waals surface area contributed by atoms with Crippen LogP contribution >= 0.6 is 0 Å². The zero-order chi connectivity index (χ0) is 20.6. The molecule has 6 nitrogen and oxygen atoms in total. The van der Waals surface area contributed by atoms with Gasteiger partial charge in [0, 0.05) is 17.6 Å². The third-order valence-electron chi connectivity index (χ3n) is 4.28. The van der Waals surface area contributed by atoms with Crippen LogP contribution in [0.1, 0.15) is 0 Å². The van der Waals surface area contributed by atoms with E-state index in [0.29, 0.717) is 34.5 Å². The fourth-order valence-corrected chi connectivity index (χ4v) is 2.75. The lowest BCUT2D eigenvalue weighted by molar-refractivity contribution is 0.356. The minimum absolute atomic E-state index is 0.488. The Morgan fingerprint density at radius 2 is 1.00 bits per heavy atom. The maximum atomic E-state index is 6.22. The fraction of sp³-hybridized carbons (Fsp3) is 0.182. The Kier molecular flexibility index (Phi) is 6.74. The van der Waals surface area contributed by atoms with Crippen molar-refractivity contribution in [2.24, 2.45) is 0 Å². The molecule has 0 N–H and O–H groups in total. The van der Waals surface area contributed by atoms with Gasteiger partial charge in [0.1, 0.15) is 23.0 Å². The van der Waals surface area contributed by atoms with Gasteiger partial charge in [0.15, 0.2) is 11.5 Å². The summed E-state index contributed by atoms with van der Waals surface area (Å²) in [5.41, 5.74) is 0.822. The van der Waals surface area contributed by atoms with Crippen molar-refractivity contribution in [1.82, 2.24) is 0 Å². The van der Waals surface area contributed by atoms with Crippen LogP contribution in [0.5, 0.6) is 34.5 Å². The van der Waals surface area contributed by atoms with Gasteiger partial charge in [0.25, 0.3) is 0 Å². The summed E-state index contributed by atoms with van der Waals surface area (Å²) in [7, 11) is 5.59. The highest BCUT2D eigenvalue weighted by Gasteiger charge is 2.29. The molecule has 0 aliphatic carbocycles. The summed E-state index contributed by atoms with van der Waals surface area (Å²) in [5.74, 6) is 3.39. The van der Waals surface area contributed by atoms with E-state index in [-0.39, 0.29) is 0 Å². The molecule has 3 aromatic rings. The Bertz CT molecular complexity index is 874. The molecule has 0 aliphatic rings. The normalized spacial score (nSPS) is 10.1. The number of benzene rings is 3. The zero-order valence-electron chi connectivity index (χ0n) is 16.9. The summed E-state index contributed by atoms with van der Waals surface area (Å²) in [4.78, 5) is 0. The van der Waals surface area contributed by atoms with Crippen LogP contribution in [0.4, 0.5) is 0 Å². The molecule has 0 unspecified atom stereocenters. The molecule has 0 amide bonds. The highest BCUT2D eigenvalue weighted by atomic mass is 16.6. The number of methoxy groups -OCH3 is 4. The first-order valence-corrected chi connectivity index (χ1v) is 9.00. The van der Waals surface area contributed by atoms with Crippen LogP contribution in [0.3, 0.4) is 0 Å². The second kappa shape index (κ2) is 9.64. The Labute approximate surface area is 171 Å². The number of hydrogen-bond donors (Lipinski definition) is 0. The first-order chi connectivity index (χ1) is 14.2. The number of hydrogen-bond acceptors (Lipinski definition) is 6. The van der Waals surface area contributed by atoms with Crippen molar-refractivity contribution < 1.29 is 28.3 Å². The standard InChI is InChI=1S/C22H23BO6/c1-24-17-10-12-19(26-3)21(14-17)28-23(16-8-6-5-7-9-16)29-22-15-18(25-2)11-13-20(22)27-4/h5-15H,1-4H3. The average Bonchev–Trinajstić information content (AvgIpc) is 2.79. The van der Waals surface area contributed by atoms with E-state index in [1.807, 2.05) is 30.3 Å². The monoisotopic (exact) mass is 394 g/mol. The van der Waals surface area contributed by atoms with E-state index in [9.17, 15) is 0 Å². The average molecular weight is 394 g/mol. The molecule has 0 heterocycles. The molecule has 3 aromatic carbocycles. The summed E-state index contributed by atoms with van der Waals surface area (Å²) in [6.45, 7) is 0. The molecule has 0 saturated carbocycles. The van der Waals surface area contributed by atoms with E-state index >= 15 is 0 Å². The van der Waals surface area contributed by atoms with Crippen molar-refractivity contribution in [1.29, 1.82) is 0 Å². The van der Waals surface area contributed by atoms with Crippen molar-refractivity contribution in [2.45, 2.75) is 0 Å². The van der Waals surface area contributed by atoms with Gasteiger partial charge in [-0.3, -0.25) is 0 Å². The Hall–Kier alpha value is -3.48. The van der Waals surface area contributed by atoms with Crippen LogP contribution in [0.25, 0.3) is 0 Å². The van der Waals surface area contributed by atoms with Crippen molar-refractivity contribution in [3.05, 3.63) is 66.7 Å². The van der Waals surface area contributed by atoms with Crippen LogP contribution in [0.15, 0.2) is 66.7 Å². The van der Waals surface area contributed by atoms with Gasteiger partial charge < -0.3 is 28.3 Å². The molecular weight excluding hydrogens is 371 g/mol. The summed E-state index contributed by atoms with van der Waals surface area (Å²) < 4.78 is 33.9. The minimum Gasteiger partial charge on any atom is -0.519 e. The molecule has 3 rings (SSSR count). The molecule has 0 atom stereocenters. The Morgan fingerprint density at radius 1 is 0.517 bits per heavy atom. The SMILES string of the molecule is COc1ccc(OC)c(OB(Oc2cc(OC)ccc2OC)c2ccccc2)c1. The van der Waals surface area contributed by atoms with Crippen molar-refractivity contribution in [2.75, 3.05) is 28.4 Å². The molecule has 29 heavy (non-hydrogen) atoms. The first kappa shape index (κ1) is 20.3. The lowest BCUT2D eigenvalue weighted by atomic mass is 9.78. The summed E-state index contributed by atoms with van der Waals surface area (Å²) >= 11 is 0. The zero-order valence-corrected chi connectivity index (χ0v) is 16.9. The topological polar surface area (TPSA) is 55.4 Å². The van der Waals surface area contributed by atoms with Crippen molar-refractivity contribution in [3.63, 3.8) is 0 Å². The van der Waals surface area contributed by atoms with Crippen LogP contribution in [0.2, 0.25) is 0 Å². The predicted octanol–water partition coefficient (Wildman–Crippen LogP) is 3.57. The number of ether oxygens (including phenoxy) is 4. The predicted molar refractivity (Wildman–Crippen MR) is 112 cm³/mol. The van der Waals surface area contributed by atoms with E-state index in [2.05, 4.69) is 0 Å². The van der Waals surface area contributed by atoms with Gasteiger partial charge in [0.2, 0.25) is 0 Å². The van der Waals surface area contributed by atoms with Crippen LogP contribution in [-0.2, 0) is 0 Å². The highest BCUT2D eigenvalue weighted by molar-refractivity contribution is 6.62. The molecule has 0 aliphatic heterocycles. The van der Waals surface area contributed by atoms with Gasteiger partial charge >= 0.3 is 7.12 Å². The maximum absolute atomic E-state index is 6.22. The first-order valence-electron chi connectivity index (χ1n) is 9.00. The van der Waals surface area contributed by atoms with Gasteiger partial charge in [-0.05, 0) is 24.3 Å². The molecule has 0 fully saturated rings. The summed E-state index contributed by atoms with van der Waals surface area (Å²) in [5, 5.41) is 0. The largest absolute Gasteiger partial charge is 0.632 e. The second-order valence-corrected chi connectivity index (χ2v) is 6.01. The van der Waals surface area contributed by atoms with E-state index in [4.69, 9.17) is 28.3 Å². The van der Waals surface area contributed by atoms with Crippen LogP contribution in [-0.4, -0.2) is 35.6 Å². The van der Waals surface area contributed by atoms with E-state index in [0.717, 1.165) is 5.46 Å². The summed E-state index contributed by atoms with van der Waals surface area (Å²) in [6, 6.07) is 20.3. The number of rotatable bonds is 9. The van der Waals surface area contributed by atoms with E-state index in [1.54, 1.807) is 64.8 Å².